The summed E-state index contributed by atoms with van der Waals surface area (Å²) >= 11 is 0.530. The van der Waals surface area contributed by atoms with Crippen LogP contribution in [0.1, 0.15) is 31.4 Å². The monoisotopic (exact) mass is 495 g/mol. The summed E-state index contributed by atoms with van der Waals surface area (Å²) in [5.74, 6) is -0.436. The first kappa shape index (κ1) is 21.8. The van der Waals surface area contributed by atoms with Gasteiger partial charge in [-0.2, -0.15) is 5.10 Å². The largest absolute Gasteiger partial charge is 0.505 e. The molecule has 3 aliphatic rings. The lowest BCUT2D eigenvalue weighted by Crippen LogP contribution is -2.46. The van der Waals surface area contributed by atoms with Gasteiger partial charge in [-0.15, -0.1) is 34.8 Å². The van der Waals surface area contributed by atoms with Crippen molar-refractivity contribution < 1.29 is 9.50 Å². The Balaban J connectivity index is 0.00000216. The highest BCUT2D eigenvalue weighted by Gasteiger charge is 2.40. The van der Waals surface area contributed by atoms with Gasteiger partial charge in [0.25, 0.3) is 0 Å². The van der Waals surface area contributed by atoms with E-state index in [0.29, 0.717) is 29.5 Å². The van der Waals surface area contributed by atoms with Crippen molar-refractivity contribution in [2.24, 2.45) is 4.99 Å². The molecule has 0 amide bonds. The van der Waals surface area contributed by atoms with Gasteiger partial charge in [-0.25, -0.2) is 24.0 Å². The maximum Gasteiger partial charge on any atom is 0.161 e. The highest BCUT2D eigenvalue weighted by molar-refractivity contribution is 8.29. The van der Waals surface area contributed by atoms with Gasteiger partial charge >= 0.3 is 0 Å². The Morgan fingerprint density at radius 2 is 2.03 bits per heavy atom. The molecule has 3 aromatic rings. The predicted octanol–water partition coefficient (Wildman–Crippen LogP) is 3.57. The molecule has 0 aliphatic carbocycles. The second-order valence-corrected chi connectivity index (χ2v) is 11.2. The van der Waals surface area contributed by atoms with E-state index in [4.69, 9.17) is 4.99 Å². The van der Waals surface area contributed by atoms with E-state index in [2.05, 4.69) is 31.7 Å². The van der Waals surface area contributed by atoms with Crippen LogP contribution in [0.5, 0.6) is 5.75 Å². The second-order valence-electron chi connectivity index (χ2n) is 8.23. The van der Waals surface area contributed by atoms with Crippen LogP contribution in [0.2, 0.25) is 0 Å². The van der Waals surface area contributed by atoms with Crippen molar-refractivity contribution in [3.8, 4) is 11.4 Å². The van der Waals surface area contributed by atoms with Gasteiger partial charge in [0.1, 0.15) is 21.5 Å². The molecular weight excluding hydrogens is 473 g/mol. The number of aromatic nitrogens is 4. The maximum absolute atomic E-state index is 13.3. The second kappa shape index (κ2) is 8.38. The SMILES string of the molecule is CN([C@@H]1C[C@H]2CC[C@@H](C1)N2)[SH]1C(c2ncc(-n3cc(F)cn3)cc2O)=Nc2scnc21.Cl. The summed E-state index contributed by atoms with van der Waals surface area (Å²) in [5, 5.41) is 21.1. The first-order chi connectivity index (χ1) is 15.1. The van der Waals surface area contributed by atoms with Crippen LogP contribution in [0.15, 0.2) is 40.2 Å². The zero-order chi connectivity index (χ0) is 21.1. The molecule has 12 heteroatoms. The minimum Gasteiger partial charge on any atom is -0.505 e. The molecule has 3 aromatic heterocycles. The van der Waals surface area contributed by atoms with Crippen molar-refractivity contribution >= 4 is 44.9 Å². The predicted molar refractivity (Wildman–Crippen MR) is 127 cm³/mol. The number of rotatable bonds is 4. The van der Waals surface area contributed by atoms with Crippen molar-refractivity contribution in [1.82, 2.24) is 29.4 Å². The molecule has 2 saturated heterocycles. The van der Waals surface area contributed by atoms with Crippen LogP contribution in [0.3, 0.4) is 0 Å². The number of pyridine rings is 1. The molecule has 6 rings (SSSR count). The lowest BCUT2D eigenvalue weighted by atomic mass is 10.0. The van der Waals surface area contributed by atoms with Crippen molar-refractivity contribution in [2.75, 3.05) is 7.05 Å². The number of nitrogens with one attached hydrogen (secondary N) is 1. The van der Waals surface area contributed by atoms with Gasteiger partial charge in [0.05, 0.1) is 29.8 Å². The van der Waals surface area contributed by atoms with Crippen LogP contribution in [0, 0.1) is 5.82 Å². The van der Waals surface area contributed by atoms with Crippen molar-refractivity contribution in [1.29, 1.82) is 0 Å². The third kappa shape index (κ3) is 3.61. The van der Waals surface area contributed by atoms with E-state index in [9.17, 15) is 9.50 Å². The average Bonchev–Trinajstić information content (AvgIpc) is 3.52. The normalized spacial score (nSPS) is 27.3. The number of hydrogen-bond acceptors (Lipinski definition) is 8. The van der Waals surface area contributed by atoms with Crippen LogP contribution in [0.4, 0.5) is 9.39 Å². The van der Waals surface area contributed by atoms with E-state index < -0.39 is 16.9 Å². The van der Waals surface area contributed by atoms with Crippen molar-refractivity contribution in [3.63, 3.8) is 0 Å². The molecule has 2 bridgehead atoms. The first-order valence-electron chi connectivity index (χ1n) is 10.3. The van der Waals surface area contributed by atoms with Crippen LogP contribution in [-0.4, -0.2) is 59.4 Å². The third-order valence-electron chi connectivity index (χ3n) is 6.31. The van der Waals surface area contributed by atoms with Crippen LogP contribution in [0.25, 0.3) is 5.69 Å². The van der Waals surface area contributed by atoms with E-state index in [0.717, 1.165) is 34.1 Å². The summed E-state index contributed by atoms with van der Waals surface area (Å²) in [6.45, 7) is 0. The summed E-state index contributed by atoms with van der Waals surface area (Å²) in [6.07, 6.45) is 8.67. The molecule has 0 saturated carbocycles. The molecule has 0 aromatic carbocycles. The Morgan fingerprint density at radius 1 is 1.25 bits per heavy atom. The fraction of sp³-hybridized carbons (Fsp3) is 0.400. The van der Waals surface area contributed by atoms with Gasteiger partial charge in [-0.05, 0) is 32.7 Å². The molecular formula is C20H23ClFN7OS2. The zero-order valence-corrected chi connectivity index (χ0v) is 19.7. The van der Waals surface area contributed by atoms with Gasteiger partial charge in [0.2, 0.25) is 0 Å². The van der Waals surface area contributed by atoms with Gasteiger partial charge < -0.3 is 10.4 Å². The summed E-state index contributed by atoms with van der Waals surface area (Å²) < 4.78 is 17.1. The summed E-state index contributed by atoms with van der Waals surface area (Å²) in [4.78, 5) is 14.0. The Hall–Kier alpha value is -2.05. The molecule has 0 radical (unpaired) electrons. The molecule has 6 heterocycles. The minimum absolute atomic E-state index is 0. The van der Waals surface area contributed by atoms with E-state index >= 15 is 0 Å². The Kier molecular flexibility index (Phi) is 5.70. The molecule has 2 N–H and O–H groups in total. The fourth-order valence-electron chi connectivity index (χ4n) is 4.83. The quantitative estimate of drug-likeness (QED) is 0.479. The standard InChI is InChI=1S/C20H22FN7OS2.ClH/c1-27(14-4-12-2-3-13(5-14)25-12)31-19(26-18-20(31)23-10-30-18)17-16(29)6-15(8-22-17)28-9-11(21)7-24-28;/h6-10,12-14,25,29,31H,2-5H2,1H3;1H/t12-,13+,14-;. The Labute approximate surface area is 197 Å². The number of fused-ring (bicyclic) bond motifs is 3. The molecule has 8 nitrogen and oxygen atoms in total. The molecule has 2 fully saturated rings. The minimum atomic E-state index is -0.984. The van der Waals surface area contributed by atoms with Gasteiger partial charge in [0.15, 0.2) is 10.8 Å². The molecule has 3 aliphatic heterocycles. The lowest BCUT2D eigenvalue weighted by Gasteiger charge is -2.40. The van der Waals surface area contributed by atoms with E-state index in [1.165, 1.54) is 35.1 Å². The number of aromatic hydroxyl groups is 1. The highest BCUT2D eigenvalue weighted by atomic mass is 35.5. The smallest absolute Gasteiger partial charge is 0.161 e. The Bertz CT molecular complexity index is 1170. The number of hydrogen-bond donors (Lipinski definition) is 3. The van der Waals surface area contributed by atoms with Gasteiger partial charge in [0, 0.05) is 24.2 Å². The number of thiazole rings is 1. The maximum atomic E-state index is 13.3. The topological polar surface area (TPSA) is 91.5 Å². The average molecular weight is 496 g/mol. The Morgan fingerprint density at radius 3 is 2.72 bits per heavy atom. The molecule has 1 unspecified atom stereocenters. The number of nitrogens with zero attached hydrogens (tertiary/aromatic N) is 6. The third-order valence-corrected chi connectivity index (χ3v) is 9.58. The first-order valence-corrected chi connectivity index (χ1v) is 12.5. The molecule has 0 spiro atoms. The summed E-state index contributed by atoms with van der Waals surface area (Å²) in [7, 11) is 2.16. The summed E-state index contributed by atoms with van der Waals surface area (Å²) in [5.41, 5.74) is 2.78. The molecule has 4 atom stereocenters. The molecule has 32 heavy (non-hydrogen) atoms. The number of halogens is 2. The van der Waals surface area contributed by atoms with E-state index in [-0.39, 0.29) is 18.2 Å². The fourth-order valence-corrected chi connectivity index (χ4v) is 8.23. The number of thiol groups is 1. The highest BCUT2D eigenvalue weighted by Crippen LogP contribution is 2.56. The van der Waals surface area contributed by atoms with Crippen molar-refractivity contribution in [2.45, 2.75) is 48.8 Å². The van der Waals surface area contributed by atoms with Crippen LogP contribution >= 0.6 is 34.8 Å². The van der Waals surface area contributed by atoms with Gasteiger partial charge in [-0.3, -0.25) is 4.31 Å². The van der Waals surface area contributed by atoms with E-state index in [1.54, 1.807) is 12.3 Å². The van der Waals surface area contributed by atoms with Crippen molar-refractivity contribution in [3.05, 3.63) is 41.7 Å². The van der Waals surface area contributed by atoms with Gasteiger partial charge in [-0.1, -0.05) is 0 Å². The summed E-state index contributed by atoms with van der Waals surface area (Å²) in [6, 6.07) is 3.16. The number of piperidine rings is 1. The van der Waals surface area contributed by atoms with Crippen LogP contribution < -0.4 is 5.32 Å². The zero-order valence-electron chi connectivity index (χ0n) is 17.2. The van der Waals surface area contributed by atoms with E-state index in [1.807, 2.05) is 5.51 Å². The lowest BCUT2D eigenvalue weighted by molar-refractivity contribution is 0.264. The molecule has 170 valence electrons. The van der Waals surface area contributed by atoms with Crippen LogP contribution in [-0.2, 0) is 0 Å². The number of aliphatic imine (C=N–C) groups is 1.